The normalized spacial score (nSPS) is 15.1. The quantitative estimate of drug-likeness (QED) is 0.828. The predicted molar refractivity (Wildman–Crippen MR) is 81.9 cm³/mol. The first-order valence-corrected chi connectivity index (χ1v) is 7.70. The third kappa shape index (κ3) is 3.51. The Hall–Kier alpha value is -2.21. The van der Waals surface area contributed by atoms with Gasteiger partial charge in [0.1, 0.15) is 0 Å². The lowest BCUT2D eigenvalue weighted by Crippen LogP contribution is -2.29. The minimum Gasteiger partial charge on any atom is -0.376 e. The van der Waals surface area contributed by atoms with Gasteiger partial charge >= 0.3 is 0 Å². The van der Waals surface area contributed by atoms with Gasteiger partial charge in [-0.3, -0.25) is 4.79 Å². The second-order valence-corrected chi connectivity index (χ2v) is 5.40. The van der Waals surface area contributed by atoms with Gasteiger partial charge in [0.2, 0.25) is 0 Å². The summed E-state index contributed by atoms with van der Waals surface area (Å²) in [6.45, 7) is 1.07. The van der Waals surface area contributed by atoms with Crippen molar-refractivity contribution >= 4 is 5.91 Å². The Bertz CT molecular complexity index is 606. The van der Waals surface area contributed by atoms with E-state index in [1.54, 1.807) is 23.1 Å². The fraction of sp³-hybridized carbons (Fsp3) is 0.438. The number of carbonyl (C=O) groups is 1. The van der Waals surface area contributed by atoms with Gasteiger partial charge in [-0.25, -0.2) is 4.68 Å². The van der Waals surface area contributed by atoms with Gasteiger partial charge in [0, 0.05) is 6.54 Å². The number of benzene rings is 1. The summed E-state index contributed by atoms with van der Waals surface area (Å²) in [4.78, 5) is 12.3. The van der Waals surface area contributed by atoms with Gasteiger partial charge in [-0.1, -0.05) is 30.2 Å². The monoisotopic (exact) mass is 300 g/mol. The summed E-state index contributed by atoms with van der Waals surface area (Å²) < 4.78 is 7.34. The molecule has 1 fully saturated rings. The summed E-state index contributed by atoms with van der Waals surface area (Å²) in [6.07, 6.45) is 8.47. The van der Waals surface area contributed by atoms with Crippen LogP contribution in [0.3, 0.4) is 0 Å². The third-order valence-electron chi connectivity index (χ3n) is 3.86. The van der Waals surface area contributed by atoms with E-state index >= 15 is 0 Å². The van der Waals surface area contributed by atoms with E-state index in [9.17, 15) is 4.79 Å². The van der Waals surface area contributed by atoms with E-state index < -0.39 is 0 Å². The Kier molecular flexibility index (Phi) is 4.80. The molecule has 0 spiro atoms. The molecule has 1 heterocycles. The largest absolute Gasteiger partial charge is 0.376 e. The molecule has 1 aromatic carbocycles. The number of rotatable bonds is 6. The summed E-state index contributed by atoms with van der Waals surface area (Å²) in [5.74, 6) is -0.124. The van der Waals surface area contributed by atoms with Gasteiger partial charge < -0.3 is 10.1 Å². The molecule has 2 aromatic rings. The van der Waals surface area contributed by atoms with Crippen molar-refractivity contribution in [3.8, 4) is 5.69 Å². The van der Waals surface area contributed by atoms with Crippen LogP contribution in [0.25, 0.3) is 5.69 Å². The van der Waals surface area contributed by atoms with Crippen LogP contribution in [0.15, 0.2) is 36.7 Å². The van der Waals surface area contributed by atoms with Crippen LogP contribution in [-0.2, 0) is 4.74 Å². The Balaban J connectivity index is 1.56. The number of nitrogens with one attached hydrogen (secondary N) is 1. The summed E-state index contributed by atoms with van der Waals surface area (Å²) >= 11 is 0. The smallest absolute Gasteiger partial charge is 0.253 e. The number of aromatic nitrogens is 3. The number of carbonyl (C=O) groups excluding carboxylic acids is 1. The molecule has 6 heteroatoms. The van der Waals surface area contributed by atoms with Crippen molar-refractivity contribution in [2.24, 2.45) is 0 Å². The van der Waals surface area contributed by atoms with Crippen molar-refractivity contribution in [2.45, 2.75) is 31.8 Å². The molecule has 6 nitrogen and oxygen atoms in total. The number of amides is 1. The molecule has 3 rings (SSSR count). The topological polar surface area (TPSA) is 69.0 Å². The van der Waals surface area contributed by atoms with E-state index in [0.29, 0.717) is 30.5 Å². The molecule has 1 aliphatic carbocycles. The molecule has 1 aliphatic rings. The Labute approximate surface area is 129 Å². The van der Waals surface area contributed by atoms with Crippen molar-refractivity contribution in [1.29, 1.82) is 0 Å². The van der Waals surface area contributed by atoms with Gasteiger partial charge in [-0.15, -0.1) is 5.10 Å². The molecule has 1 amide bonds. The Morgan fingerprint density at radius 1 is 1.32 bits per heavy atom. The van der Waals surface area contributed by atoms with Crippen molar-refractivity contribution in [1.82, 2.24) is 20.3 Å². The zero-order valence-corrected chi connectivity index (χ0v) is 12.4. The van der Waals surface area contributed by atoms with Crippen LogP contribution in [0.2, 0.25) is 0 Å². The van der Waals surface area contributed by atoms with Gasteiger partial charge in [0.25, 0.3) is 5.91 Å². The highest BCUT2D eigenvalue weighted by Crippen LogP contribution is 2.20. The van der Waals surface area contributed by atoms with Crippen LogP contribution in [0.4, 0.5) is 0 Å². The van der Waals surface area contributed by atoms with Gasteiger partial charge in [-0.05, 0) is 25.0 Å². The van der Waals surface area contributed by atoms with Crippen LogP contribution < -0.4 is 5.32 Å². The first-order valence-electron chi connectivity index (χ1n) is 7.70. The number of ether oxygens (including phenoxy) is 1. The minimum atomic E-state index is -0.124. The first kappa shape index (κ1) is 14.7. The fourth-order valence-electron chi connectivity index (χ4n) is 2.74. The molecule has 116 valence electrons. The fourth-order valence-corrected chi connectivity index (χ4v) is 2.74. The van der Waals surface area contributed by atoms with E-state index in [0.717, 1.165) is 12.8 Å². The minimum absolute atomic E-state index is 0.124. The second kappa shape index (κ2) is 7.17. The lowest BCUT2D eigenvalue weighted by molar-refractivity contribution is 0.0582. The molecule has 1 saturated carbocycles. The predicted octanol–water partition coefficient (Wildman–Crippen LogP) is 1.96. The summed E-state index contributed by atoms with van der Waals surface area (Å²) in [5.41, 5.74) is 1.29. The van der Waals surface area contributed by atoms with E-state index in [2.05, 4.69) is 15.6 Å². The third-order valence-corrected chi connectivity index (χ3v) is 3.86. The van der Waals surface area contributed by atoms with Crippen LogP contribution in [0.1, 0.15) is 36.0 Å². The highest BCUT2D eigenvalue weighted by Gasteiger charge is 2.16. The molecule has 1 N–H and O–H groups in total. The molecular formula is C16H20N4O2. The van der Waals surface area contributed by atoms with Gasteiger partial charge in [-0.2, -0.15) is 0 Å². The zero-order chi connectivity index (χ0) is 15.2. The number of hydrogen-bond donors (Lipinski definition) is 1. The molecule has 0 atom stereocenters. The molecule has 0 saturated heterocycles. The Morgan fingerprint density at radius 3 is 2.91 bits per heavy atom. The molecule has 0 radical (unpaired) electrons. The van der Waals surface area contributed by atoms with E-state index in [1.165, 1.54) is 12.8 Å². The zero-order valence-electron chi connectivity index (χ0n) is 12.4. The lowest BCUT2D eigenvalue weighted by atomic mass is 10.1. The number of hydrogen-bond acceptors (Lipinski definition) is 4. The van der Waals surface area contributed by atoms with E-state index in [4.69, 9.17) is 4.74 Å². The van der Waals surface area contributed by atoms with E-state index in [-0.39, 0.29) is 5.91 Å². The maximum Gasteiger partial charge on any atom is 0.253 e. The SMILES string of the molecule is O=C(NCCOC1CCCC1)c1ccccc1-n1ccnn1. The van der Waals surface area contributed by atoms with Crippen LogP contribution in [0.5, 0.6) is 0 Å². The lowest BCUT2D eigenvalue weighted by Gasteiger charge is -2.12. The number of para-hydroxylation sites is 1. The van der Waals surface area contributed by atoms with Crippen LogP contribution >= 0.6 is 0 Å². The summed E-state index contributed by atoms with van der Waals surface area (Å²) in [6, 6.07) is 7.34. The second-order valence-electron chi connectivity index (χ2n) is 5.40. The number of nitrogens with zero attached hydrogens (tertiary/aromatic N) is 3. The maximum atomic E-state index is 12.3. The molecule has 0 bridgehead atoms. The van der Waals surface area contributed by atoms with Crippen molar-refractivity contribution in [2.75, 3.05) is 13.2 Å². The average molecular weight is 300 g/mol. The molecule has 0 unspecified atom stereocenters. The van der Waals surface area contributed by atoms with Gasteiger partial charge in [0.15, 0.2) is 0 Å². The first-order chi connectivity index (χ1) is 10.8. The Morgan fingerprint density at radius 2 is 2.14 bits per heavy atom. The maximum absolute atomic E-state index is 12.3. The standard InChI is InChI=1S/C16H20N4O2/c21-16(17-10-12-22-13-5-1-2-6-13)14-7-3-4-8-15(14)20-11-9-18-19-20/h3-4,7-9,11,13H,1-2,5-6,10,12H2,(H,17,21). The summed E-state index contributed by atoms with van der Waals surface area (Å²) in [7, 11) is 0. The molecule has 22 heavy (non-hydrogen) atoms. The van der Waals surface area contributed by atoms with Crippen molar-refractivity contribution in [3.05, 3.63) is 42.2 Å². The van der Waals surface area contributed by atoms with Crippen molar-refractivity contribution < 1.29 is 9.53 Å². The molecule has 1 aromatic heterocycles. The average Bonchev–Trinajstić information content (AvgIpc) is 3.24. The van der Waals surface area contributed by atoms with Crippen molar-refractivity contribution in [3.63, 3.8) is 0 Å². The van der Waals surface area contributed by atoms with E-state index in [1.807, 2.05) is 18.2 Å². The molecular weight excluding hydrogens is 280 g/mol. The molecule has 0 aliphatic heterocycles. The van der Waals surface area contributed by atoms with Gasteiger partial charge in [0.05, 0.1) is 36.4 Å². The summed E-state index contributed by atoms with van der Waals surface area (Å²) in [5, 5.41) is 10.6. The highest BCUT2D eigenvalue weighted by atomic mass is 16.5. The van der Waals surface area contributed by atoms with Crippen LogP contribution in [0, 0.1) is 0 Å². The van der Waals surface area contributed by atoms with Crippen LogP contribution in [-0.4, -0.2) is 40.2 Å². The highest BCUT2D eigenvalue weighted by molar-refractivity contribution is 5.97.